The Morgan fingerprint density at radius 2 is 0.602 bits per heavy atom. The topological polar surface area (TPSA) is 47.9 Å². The maximum Gasteiger partial charge on any atom is 0.418 e. The number of hydrogen-bond acceptors (Lipinski definition) is 1. The van der Waals surface area contributed by atoms with Gasteiger partial charge in [-0.05, 0) is 143 Å². The van der Waals surface area contributed by atoms with Crippen molar-refractivity contribution in [2.24, 2.45) is 0 Å². The lowest BCUT2D eigenvalue weighted by atomic mass is 9.97. The molecule has 0 aliphatic heterocycles. The molecule has 6 nitrogen and oxygen atoms in total. The third-order valence-electron chi connectivity index (χ3n) is 17.3. The van der Waals surface area contributed by atoms with E-state index in [-0.39, 0.29) is 11.4 Å². The van der Waals surface area contributed by atoms with Crippen LogP contribution in [0.15, 0.2) is 255 Å². The van der Waals surface area contributed by atoms with Gasteiger partial charge in [0.1, 0.15) is 0 Å². The van der Waals surface area contributed by atoms with Crippen LogP contribution in [0.3, 0.4) is 0 Å². The zero-order valence-electron chi connectivity index (χ0n) is 46.2. The van der Waals surface area contributed by atoms with Gasteiger partial charge in [-0.25, -0.2) is 4.85 Å². The van der Waals surface area contributed by atoms with Crippen LogP contribution in [0, 0.1) is 17.9 Å². The molecule has 4 heterocycles. The number of benzene rings is 12. The molecule has 12 aromatic carbocycles. The van der Waals surface area contributed by atoms with Crippen molar-refractivity contribution in [3.63, 3.8) is 0 Å². The molecule has 0 radical (unpaired) electrons. The molecule has 0 saturated heterocycles. The fraction of sp³-hybridized carbons (Fsp3) is 0.0263. The molecule has 0 unspecified atom stereocenters. The summed E-state index contributed by atoms with van der Waals surface area (Å²) in [5.74, 6) is 0. The molecule has 0 bridgehead atoms. The highest BCUT2D eigenvalue weighted by Crippen LogP contribution is 2.47. The third-order valence-corrected chi connectivity index (χ3v) is 17.3. The van der Waals surface area contributed by atoms with Crippen LogP contribution < -0.4 is 0 Å². The molecule has 0 amide bonds. The van der Waals surface area contributed by atoms with E-state index in [4.69, 9.17) is 6.57 Å². The molecule has 0 spiro atoms. The number of nitrogens with zero attached hydrogens (tertiary/aromatic N) is 6. The van der Waals surface area contributed by atoms with E-state index < -0.39 is 23.5 Å². The summed E-state index contributed by atoms with van der Waals surface area (Å²) < 4.78 is 101. The summed E-state index contributed by atoms with van der Waals surface area (Å²) >= 11 is 0. The Kier molecular flexibility index (Phi) is 11.5. The Balaban J connectivity index is 0.847. The second kappa shape index (κ2) is 19.5. The van der Waals surface area contributed by atoms with E-state index >= 15 is 26.3 Å². The zero-order valence-corrected chi connectivity index (χ0v) is 46.2. The largest absolute Gasteiger partial charge is 0.418 e. The predicted octanol–water partition coefficient (Wildman–Crippen LogP) is 21.5. The van der Waals surface area contributed by atoms with E-state index in [0.29, 0.717) is 78.1 Å². The van der Waals surface area contributed by atoms with Gasteiger partial charge >= 0.3 is 12.4 Å². The molecular weight excluding hydrogens is 1110 g/mol. The number of halogens is 6. The Labute approximate surface area is 497 Å². The van der Waals surface area contributed by atoms with Crippen LogP contribution in [-0.4, -0.2) is 18.3 Å². The Hall–Kier alpha value is -11.6. The first-order valence-electron chi connectivity index (χ1n) is 28.4. The average Bonchev–Trinajstić information content (AvgIpc) is 1.64. The monoisotopic (exact) mass is 1150 g/mol. The second-order valence-electron chi connectivity index (χ2n) is 22.0. The van der Waals surface area contributed by atoms with Gasteiger partial charge in [0.15, 0.2) is 5.69 Å². The van der Waals surface area contributed by atoms with Gasteiger partial charge in [-0.1, -0.05) is 140 Å². The summed E-state index contributed by atoms with van der Waals surface area (Å²) in [6.45, 7) is 8.26. The van der Waals surface area contributed by atoms with Crippen LogP contribution in [-0.2, 0) is 12.4 Å². The minimum absolute atomic E-state index is 0.0212. The van der Waals surface area contributed by atoms with Gasteiger partial charge in [0.2, 0.25) is 0 Å². The number of aromatic nitrogens is 4. The number of hydrogen-bond donors (Lipinski definition) is 0. The number of nitriles is 1. The lowest BCUT2D eigenvalue weighted by molar-refractivity contribution is -0.138. The van der Waals surface area contributed by atoms with Crippen LogP contribution >= 0.6 is 0 Å². The molecule has 16 aromatic rings. The van der Waals surface area contributed by atoms with Crippen LogP contribution in [0.4, 0.5) is 32.0 Å². The van der Waals surface area contributed by atoms with Gasteiger partial charge in [-0.2, -0.15) is 31.6 Å². The normalized spacial score (nSPS) is 12.2. The molecule has 418 valence electrons. The summed E-state index contributed by atoms with van der Waals surface area (Å²) in [6.07, 6.45) is -9.41. The van der Waals surface area contributed by atoms with E-state index in [1.54, 1.807) is 45.5 Å². The smallest absolute Gasteiger partial charge is 0.309 e. The SMILES string of the molecule is [C-]#[N+]c1ccc(-n2c3ccccc3c3cc(-c4ccc(-n5c6ccccc6c6ccccc65)c(C(F)(F)F)c4)ccc32)c(-c2cc(C#N)ccc2-n2c3ccccc3c3cc(-c4ccc(-n5c6ccccc6c6ccccc65)c(C(F)(F)F)c4)ccc32)c1. The molecule has 88 heavy (non-hydrogen) atoms. The molecule has 0 saturated carbocycles. The van der Waals surface area contributed by atoms with Crippen molar-refractivity contribution in [3.05, 3.63) is 283 Å². The lowest BCUT2D eigenvalue weighted by Gasteiger charge is -2.19. The number of rotatable bonds is 7. The van der Waals surface area contributed by atoms with Gasteiger partial charge in [-0.3, -0.25) is 0 Å². The van der Waals surface area contributed by atoms with Crippen LogP contribution in [0.25, 0.3) is 148 Å². The second-order valence-corrected chi connectivity index (χ2v) is 22.0. The van der Waals surface area contributed by atoms with Crippen LogP contribution in [0.2, 0.25) is 0 Å². The summed E-state index contributed by atoms with van der Waals surface area (Å²) in [7, 11) is 0. The molecule has 0 N–H and O–H groups in total. The van der Waals surface area contributed by atoms with Crippen molar-refractivity contribution >= 4 is 92.9 Å². The minimum atomic E-state index is -4.71. The minimum Gasteiger partial charge on any atom is -0.309 e. The van der Waals surface area contributed by atoms with Crippen molar-refractivity contribution in [1.29, 1.82) is 5.26 Å². The van der Waals surface area contributed by atoms with Gasteiger partial charge in [0.25, 0.3) is 0 Å². The van der Waals surface area contributed by atoms with Gasteiger partial charge in [0.05, 0.1) is 96.2 Å². The van der Waals surface area contributed by atoms with Gasteiger partial charge in [-0.15, -0.1) is 0 Å². The maximum atomic E-state index is 15.5. The predicted molar refractivity (Wildman–Crippen MR) is 341 cm³/mol. The summed E-state index contributed by atoms with van der Waals surface area (Å²) in [5, 5.41) is 17.2. The van der Waals surface area contributed by atoms with Crippen molar-refractivity contribution in [1.82, 2.24) is 18.3 Å². The molecule has 0 fully saturated rings. The Morgan fingerprint density at radius 1 is 0.307 bits per heavy atom. The molecular formula is C76H42F6N6. The van der Waals surface area contributed by atoms with E-state index in [0.717, 1.165) is 65.2 Å². The molecule has 0 aliphatic carbocycles. The Morgan fingerprint density at radius 3 is 0.966 bits per heavy atom. The zero-order chi connectivity index (χ0) is 59.7. The third kappa shape index (κ3) is 7.96. The number of para-hydroxylation sites is 6. The highest BCUT2D eigenvalue weighted by atomic mass is 19.4. The lowest BCUT2D eigenvalue weighted by Crippen LogP contribution is -2.11. The quantitative estimate of drug-likeness (QED) is 0.116. The Bertz CT molecular complexity index is 5260. The van der Waals surface area contributed by atoms with E-state index in [1.165, 1.54) is 12.1 Å². The van der Waals surface area contributed by atoms with Crippen molar-refractivity contribution < 1.29 is 26.3 Å². The van der Waals surface area contributed by atoms with Crippen LogP contribution in [0.1, 0.15) is 16.7 Å². The highest BCUT2D eigenvalue weighted by Gasteiger charge is 2.37. The first kappa shape index (κ1) is 52.0. The fourth-order valence-electron chi connectivity index (χ4n) is 13.5. The molecule has 0 aliphatic rings. The molecule has 16 rings (SSSR count). The maximum absolute atomic E-state index is 15.5. The van der Waals surface area contributed by atoms with Crippen molar-refractivity contribution in [2.45, 2.75) is 12.4 Å². The van der Waals surface area contributed by atoms with Crippen LogP contribution in [0.5, 0.6) is 0 Å². The van der Waals surface area contributed by atoms with E-state index in [1.807, 2.05) is 206 Å². The molecule has 4 aromatic heterocycles. The summed E-state index contributed by atoms with van der Waals surface area (Å²) in [4.78, 5) is 3.88. The highest BCUT2D eigenvalue weighted by molar-refractivity contribution is 6.14. The van der Waals surface area contributed by atoms with E-state index in [9.17, 15) is 5.26 Å². The summed E-state index contributed by atoms with van der Waals surface area (Å²) in [5.41, 5.74) is 9.44. The fourth-order valence-corrected chi connectivity index (χ4v) is 13.5. The van der Waals surface area contributed by atoms with Gasteiger partial charge in [0, 0.05) is 48.7 Å². The molecule has 12 heteroatoms. The van der Waals surface area contributed by atoms with Crippen molar-refractivity contribution in [2.75, 3.05) is 0 Å². The first-order valence-corrected chi connectivity index (χ1v) is 28.4. The molecule has 0 atom stereocenters. The number of alkyl halides is 6. The first-order chi connectivity index (χ1) is 42.8. The van der Waals surface area contributed by atoms with Crippen molar-refractivity contribution in [3.8, 4) is 62.2 Å². The average molecular weight is 1150 g/mol. The standard InChI is InChI=1S/C76H42F6N6/c1-84-50-31-37-72(86-68-25-13-7-19-56(68)59-40-47(28-34-71(59)86)49-30-36-74(62(42-49)76(80,81)82)88-65-22-10-4-16-53(65)54-17-5-11-23-66(54)88)60(43-50)57-38-45(44-83)26-32-69(57)85-67-24-12-6-18-55(67)58-39-46(27-33-70(58)85)48-29-35-73(61(41-48)75(77,78)79)87-63-20-8-2-14-51(63)52-15-3-9-21-64(52)87/h2-43H. The van der Waals surface area contributed by atoms with Gasteiger partial charge < -0.3 is 18.3 Å². The van der Waals surface area contributed by atoms with E-state index in [2.05, 4.69) is 20.0 Å². The summed E-state index contributed by atoms with van der Waals surface area (Å²) in [6, 6.07) is 79.1. The number of fused-ring (bicyclic) bond motifs is 12.